The smallest absolute Gasteiger partial charge is 0.313 e. The van der Waals surface area contributed by atoms with Crippen LogP contribution in [0.2, 0.25) is 0 Å². The van der Waals surface area contributed by atoms with Crippen molar-refractivity contribution in [1.82, 2.24) is 5.32 Å². The molecule has 0 aromatic heterocycles. The maximum atomic E-state index is 11.8. The summed E-state index contributed by atoms with van der Waals surface area (Å²) in [6, 6.07) is 0.443. The van der Waals surface area contributed by atoms with Crippen molar-refractivity contribution >= 4 is 5.97 Å². The number of nitrogens with one attached hydrogen (secondary N) is 1. The molecule has 0 heterocycles. The van der Waals surface area contributed by atoms with Crippen LogP contribution in [-0.4, -0.2) is 24.7 Å². The van der Waals surface area contributed by atoms with Crippen molar-refractivity contribution < 1.29 is 9.53 Å². The summed E-state index contributed by atoms with van der Waals surface area (Å²) < 4.78 is 4.87. The first kappa shape index (κ1) is 15.4. The van der Waals surface area contributed by atoms with Gasteiger partial charge in [-0.05, 0) is 40.5 Å². The van der Waals surface area contributed by atoms with Gasteiger partial charge in [0.15, 0.2) is 0 Å². The van der Waals surface area contributed by atoms with Gasteiger partial charge in [0.25, 0.3) is 0 Å². The minimum Gasteiger partial charge on any atom is -0.469 e. The van der Waals surface area contributed by atoms with E-state index < -0.39 is 5.41 Å². The molecule has 0 atom stereocenters. The van der Waals surface area contributed by atoms with Gasteiger partial charge in [0.1, 0.15) is 0 Å². The van der Waals surface area contributed by atoms with E-state index in [9.17, 15) is 4.79 Å². The van der Waals surface area contributed by atoms with Gasteiger partial charge < -0.3 is 10.1 Å². The van der Waals surface area contributed by atoms with Gasteiger partial charge in [0.2, 0.25) is 0 Å². The molecular weight excluding hydrogens is 202 g/mol. The van der Waals surface area contributed by atoms with E-state index in [1.165, 1.54) is 7.11 Å². The largest absolute Gasteiger partial charge is 0.469 e. The fourth-order valence-corrected chi connectivity index (χ4v) is 1.69. The number of ether oxygens (including phenoxy) is 1. The number of esters is 1. The lowest BCUT2D eigenvalue weighted by Crippen LogP contribution is -2.58. The molecule has 0 aromatic carbocycles. The van der Waals surface area contributed by atoms with Crippen LogP contribution in [0.15, 0.2) is 0 Å². The van der Waals surface area contributed by atoms with Gasteiger partial charge in [-0.3, -0.25) is 4.79 Å². The van der Waals surface area contributed by atoms with Crippen LogP contribution in [0, 0.1) is 5.41 Å². The monoisotopic (exact) mass is 229 g/mol. The SMILES string of the molecule is CCC(CC)NC(C)(C)C(C)(C)C(=O)OC. The van der Waals surface area contributed by atoms with E-state index in [0.717, 1.165) is 12.8 Å². The first-order valence-corrected chi connectivity index (χ1v) is 6.09. The molecule has 0 aliphatic carbocycles. The van der Waals surface area contributed by atoms with Crippen LogP contribution < -0.4 is 5.32 Å². The van der Waals surface area contributed by atoms with Crippen molar-refractivity contribution in [3.05, 3.63) is 0 Å². The Labute approximate surface area is 99.9 Å². The third-order valence-corrected chi connectivity index (χ3v) is 3.81. The second-order valence-corrected chi connectivity index (χ2v) is 5.40. The van der Waals surface area contributed by atoms with Gasteiger partial charge in [-0.1, -0.05) is 13.8 Å². The lowest BCUT2D eigenvalue weighted by Gasteiger charge is -2.42. The lowest BCUT2D eigenvalue weighted by molar-refractivity contribution is -0.155. The van der Waals surface area contributed by atoms with Crippen molar-refractivity contribution in [3.8, 4) is 0 Å². The zero-order valence-electron chi connectivity index (χ0n) is 11.8. The maximum absolute atomic E-state index is 11.8. The first-order chi connectivity index (χ1) is 7.22. The number of carbonyl (C=O) groups excluding carboxylic acids is 1. The van der Waals surface area contributed by atoms with E-state index in [4.69, 9.17) is 4.74 Å². The molecule has 0 bridgehead atoms. The first-order valence-electron chi connectivity index (χ1n) is 6.09. The zero-order valence-corrected chi connectivity index (χ0v) is 11.8. The molecule has 0 saturated heterocycles. The number of methoxy groups -OCH3 is 1. The standard InChI is InChI=1S/C13H27NO2/c1-8-10(9-2)14-13(5,6)12(3,4)11(15)16-7/h10,14H,8-9H2,1-7H3. The van der Waals surface area contributed by atoms with Crippen molar-refractivity contribution in [3.63, 3.8) is 0 Å². The Morgan fingerprint density at radius 3 is 1.94 bits per heavy atom. The molecule has 3 nitrogen and oxygen atoms in total. The molecule has 0 amide bonds. The Morgan fingerprint density at radius 1 is 1.19 bits per heavy atom. The van der Waals surface area contributed by atoms with Gasteiger partial charge in [0, 0.05) is 11.6 Å². The van der Waals surface area contributed by atoms with Crippen LogP contribution in [0.5, 0.6) is 0 Å². The normalized spacial score (nSPS) is 13.0. The second-order valence-electron chi connectivity index (χ2n) is 5.40. The Kier molecular flexibility index (Phi) is 5.47. The predicted molar refractivity (Wildman–Crippen MR) is 67.4 cm³/mol. The van der Waals surface area contributed by atoms with Gasteiger partial charge >= 0.3 is 5.97 Å². The molecule has 0 saturated carbocycles. The summed E-state index contributed by atoms with van der Waals surface area (Å²) in [5.74, 6) is -0.170. The van der Waals surface area contributed by atoms with E-state index >= 15 is 0 Å². The molecule has 96 valence electrons. The maximum Gasteiger partial charge on any atom is 0.313 e. The van der Waals surface area contributed by atoms with Crippen LogP contribution in [0.1, 0.15) is 54.4 Å². The molecule has 0 radical (unpaired) electrons. The number of hydrogen-bond donors (Lipinski definition) is 1. The minimum atomic E-state index is -0.537. The highest BCUT2D eigenvalue weighted by Crippen LogP contribution is 2.32. The number of hydrogen-bond acceptors (Lipinski definition) is 3. The quantitative estimate of drug-likeness (QED) is 0.712. The molecule has 0 fully saturated rings. The third kappa shape index (κ3) is 3.21. The second kappa shape index (κ2) is 5.67. The van der Waals surface area contributed by atoms with Crippen LogP contribution in [0.25, 0.3) is 0 Å². The molecule has 0 spiro atoms. The van der Waals surface area contributed by atoms with Crippen LogP contribution in [0.4, 0.5) is 0 Å². The van der Waals surface area contributed by atoms with E-state index in [0.29, 0.717) is 6.04 Å². The zero-order chi connectivity index (χ0) is 13.0. The lowest BCUT2D eigenvalue weighted by atomic mass is 9.74. The predicted octanol–water partition coefficient (Wildman–Crippen LogP) is 2.74. The summed E-state index contributed by atoms with van der Waals surface area (Å²) in [5.41, 5.74) is -0.818. The van der Waals surface area contributed by atoms with Crippen molar-refractivity contribution in [2.75, 3.05) is 7.11 Å². The summed E-state index contributed by atoms with van der Waals surface area (Å²) in [4.78, 5) is 11.8. The Hall–Kier alpha value is -0.570. The molecule has 0 rings (SSSR count). The summed E-state index contributed by atoms with van der Waals surface area (Å²) in [6.45, 7) is 12.3. The topological polar surface area (TPSA) is 38.3 Å². The molecule has 0 aliphatic heterocycles. The Balaban J connectivity index is 4.82. The molecule has 0 aliphatic rings. The summed E-state index contributed by atoms with van der Waals surface area (Å²) in [7, 11) is 1.44. The highest BCUT2D eigenvalue weighted by Gasteiger charge is 2.44. The number of carbonyl (C=O) groups is 1. The molecule has 1 N–H and O–H groups in total. The molecule has 16 heavy (non-hydrogen) atoms. The summed E-state index contributed by atoms with van der Waals surface area (Å²) >= 11 is 0. The van der Waals surface area contributed by atoms with Gasteiger partial charge in [-0.2, -0.15) is 0 Å². The average molecular weight is 229 g/mol. The summed E-state index contributed by atoms with van der Waals surface area (Å²) in [6.07, 6.45) is 2.13. The van der Waals surface area contributed by atoms with E-state index in [-0.39, 0.29) is 11.5 Å². The average Bonchev–Trinajstić information content (AvgIpc) is 2.24. The van der Waals surface area contributed by atoms with Gasteiger partial charge in [-0.25, -0.2) is 0 Å². The number of rotatable bonds is 6. The third-order valence-electron chi connectivity index (χ3n) is 3.81. The van der Waals surface area contributed by atoms with Gasteiger partial charge in [-0.15, -0.1) is 0 Å². The van der Waals surface area contributed by atoms with Crippen LogP contribution in [0.3, 0.4) is 0 Å². The minimum absolute atomic E-state index is 0.170. The van der Waals surface area contributed by atoms with E-state index in [2.05, 4.69) is 33.0 Å². The fraction of sp³-hybridized carbons (Fsp3) is 0.923. The van der Waals surface area contributed by atoms with E-state index in [1.54, 1.807) is 0 Å². The molecule has 0 unspecified atom stereocenters. The van der Waals surface area contributed by atoms with E-state index in [1.807, 2.05) is 13.8 Å². The summed E-state index contributed by atoms with van der Waals surface area (Å²) in [5, 5.41) is 3.55. The molecular formula is C13H27NO2. The molecule has 0 aromatic rings. The molecule has 3 heteroatoms. The Morgan fingerprint density at radius 2 is 1.62 bits per heavy atom. The highest BCUT2D eigenvalue weighted by atomic mass is 16.5. The van der Waals surface area contributed by atoms with Gasteiger partial charge in [0.05, 0.1) is 12.5 Å². The van der Waals surface area contributed by atoms with Crippen molar-refractivity contribution in [2.24, 2.45) is 5.41 Å². The fourth-order valence-electron chi connectivity index (χ4n) is 1.69. The highest BCUT2D eigenvalue weighted by molar-refractivity contribution is 5.77. The van der Waals surface area contributed by atoms with Crippen LogP contribution in [-0.2, 0) is 9.53 Å². The van der Waals surface area contributed by atoms with Crippen LogP contribution >= 0.6 is 0 Å². The van der Waals surface area contributed by atoms with Crippen molar-refractivity contribution in [2.45, 2.75) is 66.0 Å². The van der Waals surface area contributed by atoms with Crippen molar-refractivity contribution in [1.29, 1.82) is 0 Å². The Bertz CT molecular complexity index is 230.